The minimum absolute atomic E-state index is 0.794. The van der Waals surface area contributed by atoms with Gasteiger partial charge >= 0.3 is 0 Å². The number of hydrogen-bond acceptors (Lipinski definition) is 3. The van der Waals surface area contributed by atoms with Gasteiger partial charge in [0.2, 0.25) is 0 Å². The van der Waals surface area contributed by atoms with Crippen LogP contribution in [-0.4, -0.2) is 35.3 Å². The third-order valence-corrected chi connectivity index (χ3v) is 2.10. The van der Waals surface area contributed by atoms with Gasteiger partial charge in [-0.15, -0.1) is 0 Å². The molecule has 0 amide bonds. The molecule has 0 aromatic rings. The van der Waals surface area contributed by atoms with E-state index >= 15 is 0 Å². The van der Waals surface area contributed by atoms with Crippen LogP contribution in [-0.2, 0) is 0 Å². The maximum absolute atomic E-state index is 4.16. The standard InChI is InChI=1S/C6H9Br2N3/c1-10(2)11-3-5(7)9-6(8)4-11/h3H,4H2,1-2H3. The third kappa shape index (κ3) is 2.57. The molecule has 3 nitrogen and oxygen atoms in total. The van der Waals surface area contributed by atoms with Crippen LogP contribution in [0.5, 0.6) is 0 Å². The smallest absolute Gasteiger partial charge is 0.124 e. The Morgan fingerprint density at radius 1 is 1.55 bits per heavy atom. The minimum atomic E-state index is 0.794. The lowest BCUT2D eigenvalue weighted by Gasteiger charge is -2.28. The summed E-state index contributed by atoms with van der Waals surface area (Å²) in [4.78, 5) is 4.16. The van der Waals surface area contributed by atoms with E-state index in [9.17, 15) is 0 Å². The number of rotatable bonds is 1. The summed E-state index contributed by atoms with van der Waals surface area (Å²) in [5.74, 6) is 0. The van der Waals surface area contributed by atoms with Crippen molar-refractivity contribution in [3.63, 3.8) is 0 Å². The van der Waals surface area contributed by atoms with E-state index in [0.717, 1.165) is 15.8 Å². The molecule has 62 valence electrons. The van der Waals surface area contributed by atoms with Crippen LogP contribution in [0.1, 0.15) is 0 Å². The molecule has 0 aromatic carbocycles. The number of halogens is 2. The Labute approximate surface area is 83.0 Å². The maximum Gasteiger partial charge on any atom is 0.124 e. The molecule has 0 N–H and O–H groups in total. The Morgan fingerprint density at radius 2 is 2.18 bits per heavy atom. The van der Waals surface area contributed by atoms with Crippen LogP contribution in [0.3, 0.4) is 0 Å². The number of nitrogens with zero attached hydrogens (tertiary/aromatic N) is 3. The van der Waals surface area contributed by atoms with Crippen molar-refractivity contribution < 1.29 is 0 Å². The molecule has 0 saturated heterocycles. The molecular weight excluding hydrogens is 274 g/mol. The SMILES string of the molecule is CN(C)N1C=C(Br)N=C(Br)C1. The van der Waals surface area contributed by atoms with Crippen molar-refractivity contribution in [1.82, 2.24) is 10.0 Å². The molecule has 1 heterocycles. The summed E-state index contributed by atoms with van der Waals surface area (Å²) < 4.78 is 1.77. The molecule has 1 rings (SSSR count). The highest BCUT2D eigenvalue weighted by Gasteiger charge is 2.11. The quantitative estimate of drug-likeness (QED) is 0.683. The molecule has 0 fully saturated rings. The van der Waals surface area contributed by atoms with Crippen molar-refractivity contribution in [2.24, 2.45) is 4.99 Å². The Balaban J connectivity index is 2.71. The van der Waals surface area contributed by atoms with E-state index in [1.165, 1.54) is 0 Å². The van der Waals surface area contributed by atoms with Gasteiger partial charge in [-0.1, -0.05) is 0 Å². The van der Waals surface area contributed by atoms with Gasteiger partial charge in [-0.2, -0.15) is 0 Å². The number of aliphatic imine (C=N–C) groups is 1. The van der Waals surface area contributed by atoms with E-state index < -0.39 is 0 Å². The Bertz CT molecular complexity index is 210. The molecule has 0 bridgehead atoms. The molecule has 0 aromatic heterocycles. The fourth-order valence-electron chi connectivity index (χ4n) is 0.739. The van der Waals surface area contributed by atoms with E-state index in [2.05, 4.69) is 36.9 Å². The van der Waals surface area contributed by atoms with E-state index in [1.807, 2.05) is 30.3 Å². The maximum atomic E-state index is 4.16. The summed E-state index contributed by atoms with van der Waals surface area (Å²) in [6, 6.07) is 0. The van der Waals surface area contributed by atoms with Gasteiger partial charge in [-0.25, -0.2) is 10.0 Å². The van der Waals surface area contributed by atoms with Gasteiger partial charge in [0.05, 0.1) is 6.54 Å². The van der Waals surface area contributed by atoms with Crippen LogP contribution in [0.15, 0.2) is 15.8 Å². The van der Waals surface area contributed by atoms with Crippen LogP contribution in [0, 0.1) is 0 Å². The van der Waals surface area contributed by atoms with Gasteiger partial charge in [-0.05, 0) is 31.9 Å². The molecule has 0 spiro atoms. The fraction of sp³-hybridized carbons (Fsp3) is 0.500. The predicted octanol–water partition coefficient (Wildman–Crippen LogP) is 1.77. The lowest BCUT2D eigenvalue weighted by atomic mass is 10.6. The average molecular weight is 283 g/mol. The van der Waals surface area contributed by atoms with E-state index in [0.29, 0.717) is 0 Å². The normalized spacial score (nSPS) is 18.5. The first-order valence-corrected chi connectivity index (χ1v) is 4.72. The molecular formula is C6H9Br2N3. The second-order valence-electron chi connectivity index (χ2n) is 2.38. The molecule has 1 aliphatic rings. The highest BCUT2D eigenvalue weighted by atomic mass is 79.9. The van der Waals surface area contributed by atoms with E-state index in [1.54, 1.807) is 0 Å². The summed E-state index contributed by atoms with van der Waals surface area (Å²) in [7, 11) is 3.98. The van der Waals surface area contributed by atoms with Crippen LogP contribution in [0.2, 0.25) is 0 Å². The molecule has 0 atom stereocenters. The first kappa shape index (κ1) is 9.22. The monoisotopic (exact) mass is 281 g/mol. The highest BCUT2D eigenvalue weighted by molar-refractivity contribution is 9.18. The second-order valence-corrected chi connectivity index (χ2v) is 4.11. The molecule has 5 heteroatoms. The second kappa shape index (κ2) is 3.69. The number of hydrazine groups is 1. The molecule has 0 unspecified atom stereocenters. The number of hydrogen-bond donors (Lipinski definition) is 0. The summed E-state index contributed by atoms with van der Waals surface area (Å²) in [5, 5.41) is 4.04. The van der Waals surface area contributed by atoms with Crippen molar-refractivity contribution in [2.75, 3.05) is 20.6 Å². The van der Waals surface area contributed by atoms with Crippen molar-refractivity contribution in [3.8, 4) is 0 Å². The Morgan fingerprint density at radius 3 is 2.64 bits per heavy atom. The molecule has 0 saturated carbocycles. The third-order valence-electron chi connectivity index (χ3n) is 1.29. The van der Waals surface area contributed by atoms with Crippen LogP contribution < -0.4 is 0 Å². The van der Waals surface area contributed by atoms with Crippen molar-refractivity contribution in [1.29, 1.82) is 0 Å². The zero-order valence-corrected chi connectivity index (χ0v) is 9.55. The van der Waals surface area contributed by atoms with Crippen molar-refractivity contribution >= 4 is 36.5 Å². The fourth-order valence-corrected chi connectivity index (χ4v) is 1.88. The van der Waals surface area contributed by atoms with Crippen molar-refractivity contribution in [3.05, 3.63) is 10.8 Å². The largest absolute Gasteiger partial charge is 0.304 e. The zero-order chi connectivity index (χ0) is 8.43. The topological polar surface area (TPSA) is 18.8 Å². The van der Waals surface area contributed by atoms with E-state index in [-0.39, 0.29) is 0 Å². The van der Waals surface area contributed by atoms with Gasteiger partial charge < -0.3 is 5.01 Å². The molecule has 0 radical (unpaired) electrons. The van der Waals surface area contributed by atoms with Crippen molar-refractivity contribution in [2.45, 2.75) is 0 Å². The predicted molar refractivity (Wildman–Crippen MR) is 53.8 cm³/mol. The zero-order valence-electron chi connectivity index (χ0n) is 6.38. The summed E-state index contributed by atoms with van der Waals surface area (Å²) >= 11 is 6.66. The van der Waals surface area contributed by atoms with Crippen LogP contribution in [0.25, 0.3) is 0 Å². The van der Waals surface area contributed by atoms with Gasteiger partial charge in [0, 0.05) is 20.3 Å². The molecule has 1 aliphatic heterocycles. The Hall–Kier alpha value is 0.130. The summed E-state index contributed by atoms with van der Waals surface area (Å²) in [5.41, 5.74) is 0. The highest BCUT2D eigenvalue weighted by Crippen LogP contribution is 2.16. The minimum Gasteiger partial charge on any atom is -0.304 e. The first-order chi connectivity index (χ1) is 5.09. The van der Waals surface area contributed by atoms with Crippen LogP contribution >= 0.6 is 31.9 Å². The first-order valence-electron chi connectivity index (χ1n) is 3.14. The van der Waals surface area contributed by atoms with E-state index in [4.69, 9.17) is 0 Å². The molecule has 11 heavy (non-hydrogen) atoms. The summed E-state index contributed by atoms with van der Waals surface area (Å²) in [6.45, 7) is 0.794. The Kier molecular flexibility index (Phi) is 3.09. The lowest BCUT2D eigenvalue weighted by Crippen LogP contribution is -2.36. The lowest BCUT2D eigenvalue weighted by molar-refractivity contribution is 0.101. The average Bonchev–Trinajstić information content (AvgIpc) is 1.85. The summed E-state index contributed by atoms with van der Waals surface area (Å²) in [6.07, 6.45) is 1.94. The van der Waals surface area contributed by atoms with Gasteiger partial charge in [0.15, 0.2) is 0 Å². The van der Waals surface area contributed by atoms with Gasteiger partial charge in [-0.3, -0.25) is 0 Å². The van der Waals surface area contributed by atoms with Crippen LogP contribution in [0.4, 0.5) is 0 Å². The van der Waals surface area contributed by atoms with Gasteiger partial charge in [0.25, 0.3) is 0 Å². The molecule has 0 aliphatic carbocycles. The van der Waals surface area contributed by atoms with Gasteiger partial charge in [0.1, 0.15) is 9.23 Å².